The van der Waals surface area contributed by atoms with Crippen LogP contribution in [0.15, 0.2) is 36.4 Å². The number of amides is 3. The molecule has 0 bridgehead atoms. The second kappa shape index (κ2) is 7.16. The van der Waals surface area contributed by atoms with Crippen molar-refractivity contribution in [1.29, 1.82) is 0 Å². The zero-order valence-electron chi connectivity index (χ0n) is 16.4. The van der Waals surface area contributed by atoms with E-state index in [4.69, 9.17) is 0 Å². The van der Waals surface area contributed by atoms with Gasteiger partial charge in [-0.3, -0.25) is 15.1 Å². The highest BCUT2D eigenvalue weighted by atomic mass is 19.4. The molecule has 0 aromatic heterocycles. The molecule has 31 heavy (non-hydrogen) atoms. The molecule has 3 N–H and O–H groups in total. The zero-order chi connectivity index (χ0) is 21.8. The van der Waals surface area contributed by atoms with E-state index in [1.807, 2.05) is 0 Å². The summed E-state index contributed by atoms with van der Waals surface area (Å²) < 4.78 is 42.2. The van der Waals surface area contributed by atoms with E-state index in [-0.39, 0.29) is 30.2 Å². The Morgan fingerprint density at radius 3 is 2.39 bits per heavy atom. The SMILES string of the molecule is O=C1CN(Cc2ccc(-c3ccc4c(c3C(F)(F)F)NNN4CC3CC3)cc2)C(=O)N1. The Morgan fingerprint density at radius 1 is 1.03 bits per heavy atom. The molecule has 0 unspecified atom stereocenters. The van der Waals surface area contributed by atoms with Crippen LogP contribution in [0.5, 0.6) is 0 Å². The summed E-state index contributed by atoms with van der Waals surface area (Å²) in [6, 6.07) is 9.27. The van der Waals surface area contributed by atoms with Gasteiger partial charge in [-0.2, -0.15) is 13.2 Å². The van der Waals surface area contributed by atoms with Gasteiger partial charge in [-0.05, 0) is 41.5 Å². The van der Waals surface area contributed by atoms with E-state index in [0.717, 1.165) is 18.4 Å². The number of carbonyl (C=O) groups is 2. The molecule has 5 rings (SSSR count). The fourth-order valence-corrected chi connectivity index (χ4v) is 3.99. The third kappa shape index (κ3) is 3.78. The van der Waals surface area contributed by atoms with Gasteiger partial charge in [0.05, 0.1) is 16.9 Å². The minimum Gasteiger partial charge on any atom is -0.311 e. The number of hydrogen-bond donors (Lipinski definition) is 3. The van der Waals surface area contributed by atoms with E-state index in [1.54, 1.807) is 35.3 Å². The molecule has 2 fully saturated rings. The van der Waals surface area contributed by atoms with Crippen molar-refractivity contribution in [2.75, 3.05) is 23.5 Å². The van der Waals surface area contributed by atoms with Crippen molar-refractivity contribution >= 4 is 23.3 Å². The van der Waals surface area contributed by atoms with Crippen molar-refractivity contribution in [3.8, 4) is 11.1 Å². The summed E-state index contributed by atoms with van der Waals surface area (Å²) >= 11 is 0. The van der Waals surface area contributed by atoms with Gasteiger partial charge in [0.25, 0.3) is 0 Å². The molecule has 0 spiro atoms. The smallest absolute Gasteiger partial charge is 0.311 e. The highest BCUT2D eigenvalue weighted by Crippen LogP contribution is 2.47. The van der Waals surface area contributed by atoms with Crippen LogP contribution in [0.3, 0.4) is 0 Å². The number of carbonyl (C=O) groups excluding carboxylic acids is 2. The third-order valence-corrected chi connectivity index (χ3v) is 5.72. The molecule has 0 atom stereocenters. The number of imide groups is 1. The van der Waals surface area contributed by atoms with Gasteiger partial charge in [0.1, 0.15) is 6.54 Å². The molecular formula is C21H20F3N5O2. The first kappa shape index (κ1) is 19.7. The summed E-state index contributed by atoms with van der Waals surface area (Å²) in [7, 11) is 0. The summed E-state index contributed by atoms with van der Waals surface area (Å²) in [4.78, 5) is 24.3. The predicted octanol–water partition coefficient (Wildman–Crippen LogP) is 3.49. The highest BCUT2D eigenvalue weighted by Gasteiger charge is 2.41. The molecule has 2 aromatic carbocycles. The van der Waals surface area contributed by atoms with Gasteiger partial charge >= 0.3 is 12.2 Å². The number of rotatable bonds is 5. The monoisotopic (exact) mass is 431 g/mol. The maximum Gasteiger partial charge on any atom is 0.419 e. The standard InChI is InChI=1S/C21H20F3N5O2/c22-21(23,24)18-15(7-8-16-19(18)26-27-29(16)10-13-1-2-13)14-5-3-12(4-6-14)9-28-11-17(30)25-20(28)31/h3-8,13,26-27H,1-2,9-11H2,(H,25,30,31). The third-order valence-electron chi connectivity index (χ3n) is 5.72. The summed E-state index contributed by atoms with van der Waals surface area (Å²) in [5.74, 6) is 0.140. The predicted molar refractivity (Wildman–Crippen MR) is 108 cm³/mol. The van der Waals surface area contributed by atoms with Crippen LogP contribution < -0.4 is 21.3 Å². The van der Waals surface area contributed by atoms with Crippen molar-refractivity contribution in [2.24, 2.45) is 5.92 Å². The van der Waals surface area contributed by atoms with Crippen LogP contribution in [0.1, 0.15) is 24.0 Å². The molecule has 10 heteroatoms. The van der Waals surface area contributed by atoms with E-state index in [9.17, 15) is 22.8 Å². The molecule has 0 radical (unpaired) electrons. The summed E-state index contributed by atoms with van der Waals surface area (Å²) in [6.45, 7) is 0.841. The molecule has 2 aliphatic heterocycles. The lowest BCUT2D eigenvalue weighted by Crippen LogP contribution is -2.37. The van der Waals surface area contributed by atoms with Crippen molar-refractivity contribution in [3.05, 3.63) is 47.5 Å². The lowest BCUT2D eigenvalue weighted by molar-refractivity contribution is -0.136. The molecule has 1 saturated carbocycles. The van der Waals surface area contributed by atoms with Gasteiger partial charge in [-0.25, -0.2) is 4.79 Å². The van der Waals surface area contributed by atoms with Crippen LogP contribution in [0.4, 0.5) is 29.3 Å². The van der Waals surface area contributed by atoms with Crippen molar-refractivity contribution < 1.29 is 22.8 Å². The van der Waals surface area contributed by atoms with Gasteiger partial charge < -0.3 is 10.3 Å². The average molecular weight is 431 g/mol. The van der Waals surface area contributed by atoms with E-state index in [1.165, 1.54) is 11.0 Å². The molecule has 7 nitrogen and oxygen atoms in total. The Hall–Kier alpha value is -3.27. The van der Waals surface area contributed by atoms with Gasteiger partial charge in [0.2, 0.25) is 5.91 Å². The maximum absolute atomic E-state index is 14.1. The molecule has 1 saturated heterocycles. The fourth-order valence-electron chi connectivity index (χ4n) is 3.99. The molecule has 1 aliphatic carbocycles. The lowest BCUT2D eigenvalue weighted by atomic mass is 9.96. The number of nitrogens with one attached hydrogen (secondary N) is 3. The number of urea groups is 1. The summed E-state index contributed by atoms with van der Waals surface area (Å²) in [5.41, 5.74) is 6.59. The Bertz CT molecular complexity index is 1050. The van der Waals surface area contributed by atoms with Gasteiger partial charge in [0.15, 0.2) is 0 Å². The van der Waals surface area contributed by atoms with E-state index < -0.39 is 17.8 Å². The Kier molecular flexibility index (Phi) is 4.54. The molecule has 3 amide bonds. The fraction of sp³-hybridized carbons (Fsp3) is 0.333. The molecule has 3 aliphatic rings. The number of anilines is 2. The number of hydrogen-bond acceptors (Lipinski definition) is 5. The minimum atomic E-state index is -4.54. The Labute approximate surface area is 176 Å². The van der Waals surface area contributed by atoms with Crippen molar-refractivity contribution in [3.63, 3.8) is 0 Å². The van der Waals surface area contributed by atoms with Crippen LogP contribution in [0.25, 0.3) is 11.1 Å². The van der Waals surface area contributed by atoms with Crippen molar-refractivity contribution in [2.45, 2.75) is 25.6 Å². The quantitative estimate of drug-likeness (QED) is 0.632. The first-order valence-corrected chi connectivity index (χ1v) is 10.0. The first-order chi connectivity index (χ1) is 14.8. The second-order valence-corrected chi connectivity index (χ2v) is 8.08. The second-order valence-electron chi connectivity index (χ2n) is 8.08. The van der Waals surface area contributed by atoms with E-state index >= 15 is 0 Å². The Balaban J connectivity index is 1.44. The molecular weight excluding hydrogens is 411 g/mol. The number of hydrazine groups is 2. The number of alkyl halides is 3. The van der Waals surface area contributed by atoms with Gasteiger partial charge in [-0.15, -0.1) is 5.53 Å². The Morgan fingerprint density at radius 2 is 1.77 bits per heavy atom. The normalized spacial score (nSPS) is 18.3. The highest BCUT2D eigenvalue weighted by molar-refractivity contribution is 6.01. The molecule has 2 aromatic rings. The lowest BCUT2D eigenvalue weighted by Gasteiger charge is -2.19. The largest absolute Gasteiger partial charge is 0.419 e. The first-order valence-electron chi connectivity index (χ1n) is 10.0. The van der Waals surface area contributed by atoms with Crippen LogP contribution in [0, 0.1) is 5.92 Å². The summed E-state index contributed by atoms with van der Waals surface area (Å²) in [5, 5.41) is 3.93. The van der Waals surface area contributed by atoms with Crippen LogP contribution in [0.2, 0.25) is 0 Å². The maximum atomic E-state index is 14.1. The van der Waals surface area contributed by atoms with Gasteiger partial charge in [0, 0.05) is 13.1 Å². The molecule has 162 valence electrons. The summed E-state index contributed by atoms with van der Waals surface area (Å²) in [6.07, 6.45) is -2.35. The topological polar surface area (TPSA) is 76.7 Å². The number of nitrogens with zero attached hydrogens (tertiary/aromatic N) is 2. The van der Waals surface area contributed by atoms with Gasteiger partial charge in [-0.1, -0.05) is 30.3 Å². The average Bonchev–Trinajstić information content (AvgIpc) is 3.36. The minimum absolute atomic E-state index is 0.0281. The van der Waals surface area contributed by atoms with Crippen LogP contribution in [-0.4, -0.2) is 29.9 Å². The number of halogens is 3. The van der Waals surface area contributed by atoms with Crippen LogP contribution >= 0.6 is 0 Å². The van der Waals surface area contributed by atoms with E-state index in [0.29, 0.717) is 23.7 Å². The number of fused-ring (bicyclic) bond motifs is 1. The zero-order valence-corrected chi connectivity index (χ0v) is 16.4. The van der Waals surface area contributed by atoms with Crippen LogP contribution in [-0.2, 0) is 17.5 Å². The number of benzene rings is 2. The van der Waals surface area contributed by atoms with E-state index in [2.05, 4.69) is 16.3 Å². The van der Waals surface area contributed by atoms with Crippen molar-refractivity contribution in [1.82, 2.24) is 15.8 Å². The molecule has 2 heterocycles.